The molecule has 0 fully saturated rings. The molecule has 0 aliphatic heterocycles. The molecule has 0 saturated heterocycles. The van der Waals surface area contributed by atoms with Crippen LogP contribution in [0.25, 0.3) is 0 Å². The lowest BCUT2D eigenvalue weighted by Crippen LogP contribution is -2.37. The summed E-state index contributed by atoms with van der Waals surface area (Å²) in [7, 11) is 1.98. The van der Waals surface area contributed by atoms with E-state index in [4.69, 9.17) is 5.73 Å². The fourth-order valence-electron chi connectivity index (χ4n) is 1.56. The molecule has 1 atom stereocenters. The van der Waals surface area contributed by atoms with E-state index in [0.717, 1.165) is 23.0 Å². The van der Waals surface area contributed by atoms with Gasteiger partial charge in [0, 0.05) is 19.5 Å². The maximum atomic E-state index is 6.21. The third kappa shape index (κ3) is 2.86. The van der Waals surface area contributed by atoms with Crippen LogP contribution in [0.5, 0.6) is 0 Å². The van der Waals surface area contributed by atoms with Gasteiger partial charge in [-0.05, 0) is 27.8 Å². The molecular formula is C12H22BrN3. The van der Waals surface area contributed by atoms with Crippen LogP contribution in [0.3, 0.4) is 0 Å². The molecular weight excluding hydrogens is 266 g/mol. The second-order valence-corrected chi connectivity index (χ2v) is 6.15. The van der Waals surface area contributed by atoms with E-state index in [0.29, 0.717) is 0 Å². The van der Waals surface area contributed by atoms with Gasteiger partial charge in [-0.1, -0.05) is 27.7 Å². The Morgan fingerprint density at radius 1 is 1.44 bits per heavy atom. The summed E-state index contributed by atoms with van der Waals surface area (Å²) in [6.07, 6.45) is 1.80. The second kappa shape index (κ2) is 4.88. The minimum Gasteiger partial charge on any atom is -0.327 e. The number of hydrogen-bond acceptors (Lipinski definition) is 2. The molecule has 1 aromatic heterocycles. The van der Waals surface area contributed by atoms with Gasteiger partial charge in [-0.25, -0.2) is 0 Å². The molecule has 16 heavy (non-hydrogen) atoms. The molecule has 1 heterocycles. The van der Waals surface area contributed by atoms with Crippen LogP contribution in [-0.2, 0) is 19.9 Å². The number of halogens is 1. The van der Waals surface area contributed by atoms with Crippen LogP contribution in [0.15, 0.2) is 4.47 Å². The van der Waals surface area contributed by atoms with E-state index in [-0.39, 0.29) is 11.5 Å². The third-order valence-corrected chi connectivity index (χ3v) is 3.94. The van der Waals surface area contributed by atoms with Crippen molar-refractivity contribution in [2.45, 2.75) is 46.6 Å². The Morgan fingerprint density at radius 3 is 2.38 bits per heavy atom. The number of aromatic nitrogens is 2. The Labute approximate surface area is 107 Å². The molecule has 0 bridgehead atoms. The predicted molar refractivity (Wildman–Crippen MR) is 71.4 cm³/mol. The Morgan fingerprint density at radius 2 is 2.00 bits per heavy atom. The summed E-state index contributed by atoms with van der Waals surface area (Å²) in [6.45, 7) is 8.62. The maximum Gasteiger partial charge on any atom is 0.0766 e. The van der Waals surface area contributed by atoms with Gasteiger partial charge in [0.2, 0.25) is 0 Å². The average molecular weight is 288 g/mol. The predicted octanol–water partition coefficient (Wildman–Crippen LogP) is 2.66. The van der Waals surface area contributed by atoms with Crippen molar-refractivity contribution >= 4 is 15.9 Å². The Kier molecular flexibility index (Phi) is 4.18. The molecule has 0 saturated carbocycles. The second-order valence-electron chi connectivity index (χ2n) is 5.36. The SMILES string of the molecule is CCc1nn(C)c(CC(N)C(C)(C)C)c1Br. The van der Waals surface area contributed by atoms with Crippen molar-refractivity contribution in [3.05, 3.63) is 15.9 Å². The summed E-state index contributed by atoms with van der Waals surface area (Å²) in [5, 5.41) is 4.48. The number of rotatable bonds is 3. The van der Waals surface area contributed by atoms with E-state index in [1.165, 1.54) is 5.69 Å². The van der Waals surface area contributed by atoms with Crippen molar-refractivity contribution in [1.82, 2.24) is 9.78 Å². The smallest absolute Gasteiger partial charge is 0.0766 e. The van der Waals surface area contributed by atoms with Gasteiger partial charge in [0.15, 0.2) is 0 Å². The molecule has 3 nitrogen and oxygen atoms in total. The zero-order chi connectivity index (χ0) is 12.5. The summed E-state index contributed by atoms with van der Waals surface area (Å²) in [5.74, 6) is 0. The first-order chi connectivity index (χ1) is 7.27. The van der Waals surface area contributed by atoms with Crippen LogP contribution < -0.4 is 5.73 Å². The quantitative estimate of drug-likeness (QED) is 0.929. The highest BCUT2D eigenvalue weighted by molar-refractivity contribution is 9.10. The monoisotopic (exact) mass is 287 g/mol. The number of aryl methyl sites for hydroxylation is 2. The fraction of sp³-hybridized carbons (Fsp3) is 0.750. The van der Waals surface area contributed by atoms with Crippen molar-refractivity contribution in [2.75, 3.05) is 0 Å². The van der Waals surface area contributed by atoms with Crippen LogP contribution in [-0.4, -0.2) is 15.8 Å². The first-order valence-corrected chi connectivity index (χ1v) is 6.52. The van der Waals surface area contributed by atoms with Gasteiger partial charge >= 0.3 is 0 Å². The van der Waals surface area contributed by atoms with Gasteiger partial charge in [-0.2, -0.15) is 5.10 Å². The largest absolute Gasteiger partial charge is 0.327 e. The molecule has 0 aliphatic carbocycles. The van der Waals surface area contributed by atoms with Crippen LogP contribution >= 0.6 is 15.9 Å². The van der Waals surface area contributed by atoms with Crippen molar-refractivity contribution in [3.8, 4) is 0 Å². The zero-order valence-electron chi connectivity index (χ0n) is 10.8. The van der Waals surface area contributed by atoms with E-state index in [2.05, 4.69) is 48.7 Å². The molecule has 0 spiro atoms. The van der Waals surface area contributed by atoms with Crippen molar-refractivity contribution in [1.29, 1.82) is 0 Å². The van der Waals surface area contributed by atoms with Crippen LogP contribution in [0.1, 0.15) is 39.1 Å². The number of hydrogen-bond donors (Lipinski definition) is 1. The van der Waals surface area contributed by atoms with E-state index in [1.807, 2.05) is 11.7 Å². The molecule has 0 aliphatic rings. The Bertz CT molecular complexity index is 363. The minimum absolute atomic E-state index is 0.121. The van der Waals surface area contributed by atoms with E-state index >= 15 is 0 Å². The normalized spacial score (nSPS) is 14.2. The minimum atomic E-state index is 0.121. The molecule has 0 amide bonds. The summed E-state index contributed by atoms with van der Waals surface area (Å²) >= 11 is 3.62. The van der Waals surface area contributed by atoms with Gasteiger partial charge < -0.3 is 5.73 Å². The summed E-state index contributed by atoms with van der Waals surface area (Å²) in [5.41, 5.74) is 8.63. The van der Waals surface area contributed by atoms with Crippen molar-refractivity contribution < 1.29 is 0 Å². The molecule has 4 heteroatoms. The lowest BCUT2D eigenvalue weighted by molar-refractivity contribution is 0.314. The van der Waals surface area contributed by atoms with Crippen LogP contribution in [0.4, 0.5) is 0 Å². The molecule has 1 aromatic rings. The van der Waals surface area contributed by atoms with Crippen molar-refractivity contribution in [2.24, 2.45) is 18.2 Å². The van der Waals surface area contributed by atoms with E-state index < -0.39 is 0 Å². The van der Waals surface area contributed by atoms with Crippen molar-refractivity contribution in [3.63, 3.8) is 0 Å². The van der Waals surface area contributed by atoms with E-state index in [1.54, 1.807) is 0 Å². The van der Waals surface area contributed by atoms with Gasteiger partial charge in [0.25, 0.3) is 0 Å². The third-order valence-electron chi connectivity index (χ3n) is 3.03. The lowest BCUT2D eigenvalue weighted by Gasteiger charge is -2.27. The number of nitrogens with two attached hydrogens (primary N) is 1. The molecule has 92 valence electrons. The molecule has 1 rings (SSSR count). The van der Waals surface area contributed by atoms with Crippen LogP contribution in [0, 0.1) is 5.41 Å². The highest BCUT2D eigenvalue weighted by Crippen LogP contribution is 2.26. The van der Waals surface area contributed by atoms with Gasteiger partial charge in [0.1, 0.15) is 0 Å². The standard InChI is InChI=1S/C12H22BrN3/c1-6-8-11(13)9(16(5)15-8)7-10(14)12(2,3)4/h10H,6-7,14H2,1-5H3. The molecule has 1 unspecified atom stereocenters. The first kappa shape index (κ1) is 13.7. The number of nitrogens with zero attached hydrogens (tertiary/aromatic N) is 2. The van der Waals surface area contributed by atoms with Gasteiger partial charge in [0.05, 0.1) is 15.9 Å². The Balaban J connectivity index is 2.93. The Hall–Kier alpha value is -0.350. The highest BCUT2D eigenvalue weighted by Gasteiger charge is 2.24. The average Bonchev–Trinajstić information content (AvgIpc) is 2.43. The highest BCUT2D eigenvalue weighted by atomic mass is 79.9. The summed E-state index contributed by atoms with van der Waals surface area (Å²) in [6, 6.07) is 0.143. The topological polar surface area (TPSA) is 43.8 Å². The molecule has 0 aromatic carbocycles. The first-order valence-electron chi connectivity index (χ1n) is 5.73. The van der Waals surface area contributed by atoms with E-state index in [9.17, 15) is 0 Å². The lowest BCUT2D eigenvalue weighted by atomic mass is 9.85. The summed E-state index contributed by atoms with van der Waals surface area (Å²) < 4.78 is 3.06. The summed E-state index contributed by atoms with van der Waals surface area (Å²) in [4.78, 5) is 0. The van der Waals surface area contributed by atoms with Crippen LogP contribution in [0.2, 0.25) is 0 Å². The molecule has 0 radical (unpaired) electrons. The maximum absolute atomic E-state index is 6.21. The fourth-order valence-corrected chi connectivity index (χ4v) is 2.33. The van der Waals surface area contributed by atoms with Gasteiger partial charge in [-0.15, -0.1) is 0 Å². The zero-order valence-corrected chi connectivity index (χ0v) is 12.4. The molecule has 2 N–H and O–H groups in total. The van der Waals surface area contributed by atoms with Gasteiger partial charge in [-0.3, -0.25) is 4.68 Å².